The van der Waals surface area contributed by atoms with Crippen molar-refractivity contribution in [3.63, 3.8) is 0 Å². The van der Waals surface area contributed by atoms with Crippen molar-refractivity contribution in [1.82, 2.24) is 5.32 Å². The molecule has 1 fully saturated rings. The minimum absolute atomic E-state index is 0.185. The molecule has 0 spiro atoms. The molecular formula is C16H22FNO3. The van der Waals surface area contributed by atoms with E-state index in [1.54, 1.807) is 6.07 Å². The Morgan fingerprint density at radius 2 is 2.19 bits per heavy atom. The minimum Gasteiger partial charge on any atom is -0.484 e. The fourth-order valence-corrected chi connectivity index (χ4v) is 2.50. The van der Waals surface area contributed by atoms with Crippen LogP contribution in [-0.4, -0.2) is 29.8 Å². The van der Waals surface area contributed by atoms with E-state index in [0.717, 1.165) is 12.8 Å². The van der Waals surface area contributed by atoms with E-state index in [0.29, 0.717) is 24.5 Å². The van der Waals surface area contributed by atoms with E-state index < -0.39 is 11.4 Å². The molecule has 1 aromatic rings. The van der Waals surface area contributed by atoms with Crippen LogP contribution in [0.4, 0.5) is 4.39 Å². The Bertz CT molecular complexity index is 484. The molecule has 1 aliphatic rings. The van der Waals surface area contributed by atoms with Crippen LogP contribution in [0.2, 0.25) is 0 Å². The molecule has 1 amide bonds. The number of halogens is 1. The van der Waals surface area contributed by atoms with E-state index >= 15 is 0 Å². The molecule has 1 saturated carbocycles. The van der Waals surface area contributed by atoms with Gasteiger partial charge in [0.15, 0.2) is 6.61 Å². The molecule has 0 aromatic heterocycles. The van der Waals surface area contributed by atoms with Crippen LogP contribution in [0.1, 0.15) is 32.6 Å². The summed E-state index contributed by atoms with van der Waals surface area (Å²) in [6, 6.07) is 5.65. The van der Waals surface area contributed by atoms with Gasteiger partial charge in [-0.25, -0.2) is 4.39 Å². The van der Waals surface area contributed by atoms with Crippen molar-refractivity contribution in [3.8, 4) is 5.75 Å². The van der Waals surface area contributed by atoms with Gasteiger partial charge in [-0.3, -0.25) is 4.79 Å². The van der Waals surface area contributed by atoms with Gasteiger partial charge >= 0.3 is 0 Å². The summed E-state index contributed by atoms with van der Waals surface area (Å²) < 4.78 is 18.2. The molecule has 116 valence electrons. The first-order valence-electron chi connectivity index (χ1n) is 7.34. The van der Waals surface area contributed by atoms with Crippen LogP contribution < -0.4 is 10.1 Å². The van der Waals surface area contributed by atoms with Crippen molar-refractivity contribution >= 4 is 5.91 Å². The number of nitrogens with one attached hydrogen (secondary N) is 1. The quantitative estimate of drug-likeness (QED) is 0.876. The maximum Gasteiger partial charge on any atom is 0.258 e. The molecule has 1 aliphatic carbocycles. The van der Waals surface area contributed by atoms with Crippen LogP contribution in [0, 0.1) is 11.7 Å². The Labute approximate surface area is 124 Å². The fourth-order valence-electron chi connectivity index (χ4n) is 2.50. The molecule has 0 bridgehead atoms. The number of aliphatic hydroxyl groups is 1. The van der Waals surface area contributed by atoms with Gasteiger partial charge in [0.05, 0.1) is 5.60 Å². The number of carbonyl (C=O) groups excluding carboxylic acids is 1. The second-order valence-electron chi connectivity index (χ2n) is 5.93. The summed E-state index contributed by atoms with van der Waals surface area (Å²) >= 11 is 0. The van der Waals surface area contributed by atoms with Gasteiger partial charge in [-0.15, -0.1) is 0 Å². The molecule has 0 atom stereocenters. The number of ether oxygens (including phenoxy) is 1. The smallest absolute Gasteiger partial charge is 0.258 e. The maximum atomic E-state index is 13.0. The van der Waals surface area contributed by atoms with Gasteiger partial charge in [0.1, 0.15) is 11.6 Å². The zero-order valence-electron chi connectivity index (χ0n) is 12.3. The third kappa shape index (κ3) is 5.01. The van der Waals surface area contributed by atoms with Crippen molar-refractivity contribution in [2.45, 2.75) is 38.2 Å². The summed E-state index contributed by atoms with van der Waals surface area (Å²) in [7, 11) is 0. The lowest BCUT2D eigenvalue weighted by molar-refractivity contribution is -0.124. The number of hydrogen-bond donors (Lipinski definition) is 2. The predicted molar refractivity (Wildman–Crippen MR) is 77.5 cm³/mol. The highest BCUT2D eigenvalue weighted by atomic mass is 19.1. The number of benzene rings is 1. The van der Waals surface area contributed by atoms with Gasteiger partial charge in [0, 0.05) is 12.6 Å². The summed E-state index contributed by atoms with van der Waals surface area (Å²) in [4.78, 5) is 11.7. The average Bonchev–Trinajstić information content (AvgIpc) is 2.47. The van der Waals surface area contributed by atoms with E-state index in [1.165, 1.54) is 18.2 Å². The maximum absolute atomic E-state index is 13.0. The highest BCUT2D eigenvalue weighted by Crippen LogP contribution is 2.31. The van der Waals surface area contributed by atoms with Gasteiger partial charge in [-0.1, -0.05) is 13.0 Å². The molecule has 2 rings (SSSR count). The standard InChI is InChI=1S/C16H22FNO3/c1-12-5-7-16(20,8-6-12)11-18-15(19)10-21-14-4-2-3-13(17)9-14/h2-4,9,12,20H,5-8,10-11H2,1H3,(H,18,19). The Morgan fingerprint density at radius 3 is 2.86 bits per heavy atom. The van der Waals surface area contributed by atoms with E-state index in [-0.39, 0.29) is 19.1 Å². The lowest BCUT2D eigenvalue weighted by atomic mass is 9.79. The number of hydrogen-bond acceptors (Lipinski definition) is 3. The Hall–Kier alpha value is -1.62. The number of amides is 1. The summed E-state index contributed by atoms with van der Waals surface area (Å²) in [6.45, 7) is 2.23. The van der Waals surface area contributed by atoms with Crippen LogP contribution in [0.5, 0.6) is 5.75 Å². The number of carbonyl (C=O) groups is 1. The van der Waals surface area contributed by atoms with E-state index in [4.69, 9.17) is 4.74 Å². The van der Waals surface area contributed by atoms with Crippen molar-refractivity contribution < 1.29 is 19.0 Å². The van der Waals surface area contributed by atoms with Gasteiger partial charge in [-0.2, -0.15) is 0 Å². The summed E-state index contributed by atoms with van der Waals surface area (Å²) in [5, 5.41) is 13.0. The predicted octanol–water partition coefficient (Wildman–Crippen LogP) is 2.26. The van der Waals surface area contributed by atoms with Crippen molar-refractivity contribution in [3.05, 3.63) is 30.1 Å². The molecule has 0 heterocycles. The highest BCUT2D eigenvalue weighted by Gasteiger charge is 2.31. The molecule has 0 saturated heterocycles. The monoisotopic (exact) mass is 295 g/mol. The topological polar surface area (TPSA) is 58.6 Å². The lowest BCUT2D eigenvalue weighted by Gasteiger charge is -2.34. The largest absolute Gasteiger partial charge is 0.484 e. The second kappa shape index (κ2) is 6.89. The van der Waals surface area contributed by atoms with Crippen LogP contribution >= 0.6 is 0 Å². The summed E-state index contributed by atoms with van der Waals surface area (Å²) in [6.07, 6.45) is 3.37. The van der Waals surface area contributed by atoms with E-state index in [9.17, 15) is 14.3 Å². The van der Waals surface area contributed by atoms with Gasteiger partial charge in [0.2, 0.25) is 0 Å². The first kappa shape index (κ1) is 15.8. The normalized spacial score (nSPS) is 25.4. The van der Waals surface area contributed by atoms with Crippen LogP contribution in [0.3, 0.4) is 0 Å². The van der Waals surface area contributed by atoms with E-state index in [1.807, 2.05) is 0 Å². The lowest BCUT2D eigenvalue weighted by Crippen LogP contribution is -2.46. The second-order valence-corrected chi connectivity index (χ2v) is 5.93. The van der Waals surface area contributed by atoms with Crippen molar-refractivity contribution in [2.24, 2.45) is 5.92 Å². The summed E-state index contributed by atoms with van der Waals surface area (Å²) in [5.41, 5.74) is -0.805. The molecule has 0 aliphatic heterocycles. The molecule has 0 unspecified atom stereocenters. The number of rotatable bonds is 5. The van der Waals surface area contributed by atoms with E-state index in [2.05, 4.69) is 12.2 Å². The van der Waals surface area contributed by atoms with Gasteiger partial charge < -0.3 is 15.2 Å². The molecule has 21 heavy (non-hydrogen) atoms. The summed E-state index contributed by atoms with van der Waals surface area (Å²) in [5.74, 6) is 0.234. The molecule has 1 aromatic carbocycles. The molecule has 5 heteroatoms. The Kier molecular flexibility index (Phi) is 5.17. The molecule has 4 nitrogen and oxygen atoms in total. The van der Waals surface area contributed by atoms with Gasteiger partial charge in [0.25, 0.3) is 5.91 Å². The van der Waals surface area contributed by atoms with Crippen LogP contribution in [0.25, 0.3) is 0 Å². The third-order valence-electron chi connectivity index (χ3n) is 3.99. The van der Waals surface area contributed by atoms with Crippen LogP contribution in [0.15, 0.2) is 24.3 Å². The minimum atomic E-state index is -0.805. The van der Waals surface area contributed by atoms with Crippen molar-refractivity contribution in [2.75, 3.05) is 13.2 Å². The van der Waals surface area contributed by atoms with Gasteiger partial charge in [-0.05, 0) is 43.7 Å². The SMILES string of the molecule is CC1CCC(O)(CNC(=O)COc2cccc(F)c2)CC1. The Balaban J connectivity index is 1.72. The fraction of sp³-hybridized carbons (Fsp3) is 0.562. The first-order valence-corrected chi connectivity index (χ1v) is 7.34. The molecule has 2 N–H and O–H groups in total. The zero-order valence-corrected chi connectivity index (χ0v) is 12.3. The van der Waals surface area contributed by atoms with Crippen LogP contribution in [-0.2, 0) is 4.79 Å². The first-order chi connectivity index (χ1) is 9.97. The van der Waals surface area contributed by atoms with Crippen molar-refractivity contribution in [1.29, 1.82) is 0 Å². The highest BCUT2D eigenvalue weighted by molar-refractivity contribution is 5.77. The molecule has 0 radical (unpaired) electrons. The third-order valence-corrected chi connectivity index (χ3v) is 3.99. The average molecular weight is 295 g/mol. The zero-order chi connectivity index (χ0) is 15.3. The Morgan fingerprint density at radius 1 is 1.48 bits per heavy atom. The molecular weight excluding hydrogens is 273 g/mol.